The maximum atomic E-state index is 12.8. The van der Waals surface area contributed by atoms with Crippen molar-refractivity contribution in [1.29, 1.82) is 0 Å². The van der Waals surface area contributed by atoms with Crippen LogP contribution in [0.5, 0.6) is 5.75 Å². The van der Waals surface area contributed by atoms with E-state index in [1.165, 1.54) is 19.3 Å². The second-order valence-electron chi connectivity index (χ2n) is 7.05. The highest BCUT2D eigenvalue weighted by atomic mass is 16.5. The van der Waals surface area contributed by atoms with Gasteiger partial charge in [0.05, 0.1) is 7.11 Å². The fourth-order valence-corrected chi connectivity index (χ4v) is 3.99. The molecule has 3 rings (SSSR count). The molecule has 1 unspecified atom stereocenters. The van der Waals surface area contributed by atoms with Crippen LogP contribution in [0, 0.1) is 11.8 Å². The van der Waals surface area contributed by atoms with E-state index in [0.717, 1.165) is 38.0 Å². The summed E-state index contributed by atoms with van der Waals surface area (Å²) in [5.41, 5.74) is 0.716. The highest BCUT2D eigenvalue weighted by molar-refractivity contribution is 5.98. The molecule has 0 spiro atoms. The van der Waals surface area contributed by atoms with Crippen LogP contribution in [0.25, 0.3) is 0 Å². The molecule has 24 heavy (non-hydrogen) atoms. The number of ketones is 1. The van der Waals surface area contributed by atoms with Crippen LogP contribution in [-0.4, -0.2) is 36.8 Å². The van der Waals surface area contributed by atoms with Gasteiger partial charge in [0.25, 0.3) is 0 Å². The Kier molecular flexibility index (Phi) is 5.54. The number of amides is 1. The Morgan fingerprint density at radius 1 is 0.958 bits per heavy atom. The molecule has 0 radical (unpaired) electrons. The summed E-state index contributed by atoms with van der Waals surface area (Å²) in [6.07, 6.45) is 7.42. The number of methoxy groups -OCH3 is 1. The Labute approximate surface area is 144 Å². The van der Waals surface area contributed by atoms with Crippen LogP contribution in [0.1, 0.15) is 55.3 Å². The number of rotatable bonds is 4. The summed E-state index contributed by atoms with van der Waals surface area (Å²) in [4.78, 5) is 27.5. The minimum Gasteiger partial charge on any atom is -0.497 e. The molecule has 4 heteroatoms. The lowest BCUT2D eigenvalue weighted by molar-refractivity contribution is -0.138. The Hall–Kier alpha value is -1.84. The van der Waals surface area contributed by atoms with Crippen LogP contribution >= 0.6 is 0 Å². The van der Waals surface area contributed by atoms with E-state index >= 15 is 0 Å². The van der Waals surface area contributed by atoms with E-state index in [-0.39, 0.29) is 23.5 Å². The zero-order valence-electron chi connectivity index (χ0n) is 14.5. The van der Waals surface area contributed by atoms with Gasteiger partial charge in [-0.25, -0.2) is 0 Å². The number of carbonyl (C=O) groups excluding carboxylic acids is 2. The average Bonchev–Trinajstić information content (AvgIpc) is 2.67. The largest absolute Gasteiger partial charge is 0.497 e. The highest BCUT2D eigenvalue weighted by Gasteiger charge is 2.32. The topological polar surface area (TPSA) is 46.6 Å². The molecule has 1 saturated heterocycles. The fourth-order valence-electron chi connectivity index (χ4n) is 3.99. The molecule has 1 aromatic rings. The standard InChI is InChI=1S/C20H27NO3/c1-24-18-11-9-15(10-12-18)19(22)17-8-5-13-21(14-17)20(23)16-6-3-2-4-7-16/h9-12,16-17H,2-8,13-14H2,1H3. The van der Waals surface area contributed by atoms with Crippen molar-refractivity contribution >= 4 is 11.7 Å². The SMILES string of the molecule is COc1ccc(C(=O)C2CCCN(C(=O)C3CCCCC3)C2)cc1. The van der Waals surface area contributed by atoms with E-state index in [9.17, 15) is 9.59 Å². The van der Waals surface area contributed by atoms with E-state index in [1.54, 1.807) is 7.11 Å². The van der Waals surface area contributed by atoms with Crippen molar-refractivity contribution in [3.63, 3.8) is 0 Å². The summed E-state index contributed by atoms with van der Waals surface area (Å²) in [5, 5.41) is 0. The molecule has 1 amide bonds. The first kappa shape index (κ1) is 17.0. The lowest BCUT2D eigenvalue weighted by atomic mass is 9.86. The monoisotopic (exact) mass is 329 g/mol. The molecule has 2 fully saturated rings. The van der Waals surface area contributed by atoms with Crippen LogP contribution in [0.15, 0.2) is 24.3 Å². The van der Waals surface area contributed by atoms with Gasteiger partial charge in [0.2, 0.25) is 5.91 Å². The summed E-state index contributed by atoms with van der Waals surface area (Å²) < 4.78 is 5.15. The minimum absolute atomic E-state index is 0.0697. The Morgan fingerprint density at radius 3 is 2.29 bits per heavy atom. The van der Waals surface area contributed by atoms with Crippen LogP contribution in [0.4, 0.5) is 0 Å². The Morgan fingerprint density at radius 2 is 1.62 bits per heavy atom. The smallest absolute Gasteiger partial charge is 0.225 e. The highest BCUT2D eigenvalue weighted by Crippen LogP contribution is 2.28. The summed E-state index contributed by atoms with van der Waals surface area (Å²) in [5.74, 6) is 1.30. The number of ether oxygens (including phenoxy) is 1. The second kappa shape index (κ2) is 7.82. The predicted molar refractivity (Wildman–Crippen MR) is 93.2 cm³/mol. The quantitative estimate of drug-likeness (QED) is 0.791. The minimum atomic E-state index is -0.0697. The second-order valence-corrected chi connectivity index (χ2v) is 7.05. The van der Waals surface area contributed by atoms with E-state index in [1.807, 2.05) is 29.2 Å². The van der Waals surface area contributed by atoms with Crippen molar-refractivity contribution in [2.45, 2.75) is 44.9 Å². The van der Waals surface area contributed by atoms with Crippen molar-refractivity contribution in [3.05, 3.63) is 29.8 Å². The number of hydrogen-bond donors (Lipinski definition) is 0. The zero-order chi connectivity index (χ0) is 16.9. The van der Waals surface area contributed by atoms with Crippen LogP contribution in [-0.2, 0) is 4.79 Å². The van der Waals surface area contributed by atoms with Crippen molar-refractivity contribution in [2.75, 3.05) is 20.2 Å². The van der Waals surface area contributed by atoms with Gasteiger partial charge in [-0.15, -0.1) is 0 Å². The molecule has 1 heterocycles. The van der Waals surface area contributed by atoms with Gasteiger partial charge in [-0.05, 0) is 49.9 Å². The first-order valence-corrected chi connectivity index (χ1v) is 9.16. The van der Waals surface area contributed by atoms with E-state index in [2.05, 4.69) is 0 Å². The van der Waals surface area contributed by atoms with Gasteiger partial charge in [0, 0.05) is 30.5 Å². The molecule has 1 aromatic carbocycles. The van der Waals surface area contributed by atoms with Gasteiger partial charge in [-0.2, -0.15) is 0 Å². The van der Waals surface area contributed by atoms with Gasteiger partial charge >= 0.3 is 0 Å². The van der Waals surface area contributed by atoms with Crippen LogP contribution < -0.4 is 4.74 Å². The van der Waals surface area contributed by atoms with E-state index in [4.69, 9.17) is 4.74 Å². The molecule has 1 aliphatic heterocycles. The molecule has 0 aromatic heterocycles. The number of hydrogen-bond acceptors (Lipinski definition) is 3. The number of piperidine rings is 1. The maximum absolute atomic E-state index is 12.8. The van der Waals surface area contributed by atoms with Gasteiger partial charge in [-0.1, -0.05) is 19.3 Å². The van der Waals surface area contributed by atoms with Gasteiger partial charge < -0.3 is 9.64 Å². The number of Topliss-reactive ketones (excluding diaryl/α,β-unsaturated/α-hetero) is 1. The number of likely N-dealkylation sites (tertiary alicyclic amines) is 1. The Bertz CT molecular complexity index is 575. The van der Waals surface area contributed by atoms with Crippen molar-refractivity contribution in [1.82, 2.24) is 4.90 Å². The summed E-state index contributed by atoms with van der Waals surface area (Å²) in [6, 6.07) is 7.29. The van der Waals surface area contributed by atoms with Gasteiger partial charge in [0.15, 0.2) is 5.78 Å². The van der Waals surface area contributed by atoms with E-state index < -0.39 is 0 Å². The molecule has 0 N–H and O–H groups in total. The van der Waals surface area contributed by atoms with Crippen molar-refractivity contribution in [3.8, 4) is 5.75 Å². The van der Waals surface area contributed by atoms with Crippen LogP contribution in [0.3, 0.4) is 0 Å². The molecular formula is C20H27NO3. The molecule has 1 aliphatic carbocycles. The number of benzene rings is 1. The van der Waals surface area contributed by atoms with Gasteiger partial charge in [0.1, 0.15) is 5.75 Å². The summed E-state index contributed by atoms with van der Waals surface area (Å²) in [7, 11) is 1.62. The Balaban J connectivity index is 1.63. The molecule has 130 valence electrons. The first-order chi connectivity index (χ1) is 11.7. The zero-order valence-corrected chi connectivity index (χ0v) is 14.5. The third-order valence-electron chi connectivity index (χ3n) is 5.43. The van der Waals surface area contributed by atoms with Gasteiger partial charge in [-0.3, -0.25) is 9.59 Å². The first-order valence-electron chi connectivity index (χ1n) is 9.16. The molecule has 4 nitrogen and oxygen atoms in total. The summed E-state index contributed by atoms with van der Waals surface area (Å²) in [6.45, 7) is 1.39. The molecule has 1 atom stereocenters. The average molecular weight is 329 g/mol. The lowest BCUT2D eigenvalue weighted by Crippen LogP contribution is -2.45. The van der Waals surface area contributed by atoms with Crippen molar-refractivity contribution in [2.24, 2.45) is 11.8 Å². The molecule has 2 aliphatic rings. The fraction of sp³-hybridized carbons (Fsp3) is 0.600. The summed E-state index contributed by atoms with van der Waals surface area (Å²) >= 11 is 0. The van der Waals surface area contributed by atoms with Crippen LogP contribution in [0.2, 0.25) is 0 Å². The number of nitrogens with zero attached hydrogens (tertiary/aromatic N) is 1. The normalized spacial score (nSPS) is 22.2. The van der Waals surface area contributed by atoms with E-state index in [0.29, 0.717) is 12.1 Å². The number of carbonyl (C=O) groups is 2. The molecule has 1 saturated carbocycles. The molecule has 0 bridgehead atoms. The third kappa shape index (κ3) is 3.80. The third-order valence-corrected chi connectivity index (χ3v) is 5.43. The van der Waals surface area contributed by atoms with Crippen molar-refractivity contribution < 1.29 is 14.3 Å². The maximum Gasteiger partial charge on any atom is 0.225 e. The molecular weight excluding hydrogens is 302 g/mol. The lowest BCUT2D eigenvalue weighted by Gasteiger charge is -2.35. The predicted octanol–water partition coefficient (Wildman–Crippen LogP) is 3.70.